The van der Waals surface area contributed by atoms with E-state index >= 15 is 0 Å². The van der Waals surface area contributed by atoms with Crippen LogP contribution >= 0.6 is 15.9 Å². The number of rotatable bonds is 3. The molecule has 1 aromatic heterocycles. The van der Waals surface area contributed by atoms with E-state index in [4.69, 9.17) is 5.73 Å². The number of nitrogen functional groups attached to an aromatic ring is 1. The Morgan fingerprint density at radius 3 is 3.06 bits per heavy atom. The molecule has 0 bridgehead atoms. The fourth-order valence-corrected chi connectivity index (χ4v) is 2.79. The van der Waals surface area contributed by atoms with Crippen LogP contribution in [0.25, 0.3) is 0 Å². The summed E-state index contributed by atoms with van der Waals surface area (Å²) in [5.74, 6) is 2.16. The molecular formula is C12H19BrN4. The van der Waals surface area contributed by atoms with Crippen molar-refractivity contribution in [1.82, 2.24) is 9.97 Å². The van der Waals surface area contributed by atoms with Crippen LogP contribution in [0.2, 0.25) is 0 Å². The third-order valence-electron chi connectivity index (χ3n) is 3.52. The summed E-state index contributed by atoms with van der Waals surface area (Å²) in [5, 5.41) is 3.48. The van der Waals surface area contributed by atoms with Crippen LogP contribution in [0.5, 0.6) is 0 Å². The molecule has 0 aliphatic heterocycles. The van der Waals surface area contributed by atoms with Gasteiger partial charge in [0, 0.05) is 6.04 Å². The summed E-state index contributed by atoms with van der Waals surface area (Å²) in [6, 6.07) is 0.513. The van der Waals surface area contributed by atoms with Crippen LogP contribution < -0.4 is 11.1 Å². The van der Waals surface area contributed by atoms with Crippen LogP contribution in [-0.4, -0.2) is 16.0 Å². The second kappa shape index (κ2) is 5.67. The lowest BCUT2D eigenvalue weighted by Crippen LogP contribution is -2.27. The first-order valence-corrected chi connectivity index (χ1v) is 7.02. The predicted octanol–water partition coefficient (Wildman–Crippen LogP) is 3.20. The van der Waals surface area contributed by atoms with E-state index in [1.165, 1.54) is 38.4 Å². The summed E-state index contributed by atoms with van der Waals surface area (Å²) in [4.78, 5) is 8.18. The Labute approximate surface area is 111 Å². The largest absolute Gasteiger partial charge is 0.383 e. The Morgan fingerprint density at radius 2 is 2.29 bits per heavy atom. The van der Waals surface area contributed by atoms with Gasteiger partial charge in [0.1, 0.15) is 22.4 Å². The maximum absolute atomic E-state index is 5.74. The second-order valence-corrected chi connectivity index (χ2v) is 5.50. The van der Waals surface area contributed by atoms with E-state index < -0.39 is 0 Å². The number of hydrogen-bond acceptors (Lipinski definition) is 4. The molecule has 1 fully saturated rings. The Balaban J connectivity index is 2.02. The highest BCUT2D eigenvalue weighted by atomic mass is 79.9. The molecular weight excluding hydrogens is 280 g/mol. The summed E-state index contributed by atoms with van der Waals surface area (Å²) in [6.45, 7) is 2.27. The number of nitrogens with two attached hydrogens (primary N) is 1. The van der Waals surface area contributed by atoms with Crippen molar-refractivity contribution in [1.29, 1.82) is 0 Å². The number of nitrogens with one attached hydrogen (secondary N) is 1. The summed E-state index contributed by atoms with van der Waals surface area (Å²) in [7, 11) is 0. The van der Waals surface area contributed by atoms with E-state index in [0.717, 1.165) is 16.2 Å². The van der Waals surface area contributed by atoms with E-state index in [-0.39, 0.29) is 0 Å². The molecule has 0 aromatic carbocycles. The molecule has 1 aromatic rings. The zero-order valence-corrected chi connectivity index (χ0v) is 11.7. The third kappa shape index (κ3) is 3.09. The van der Waals surface area contributed by atoms with Gasteiger partial charge in [-0.3, -0.25) is 0 Å². The van der Waals surface area contributed by atoms with Gasteiger partial charge < -0.3 is 11.1 Å². The lowest BCUT2D eigenvalue weighted by Gasteiger charge is -2.29. The molecule has 94 valence electrons. The van der Waals surface area contributed by atoms with Crippen LogP contribution in [-0.2, 0) is 0 Å². The summed E-state index contributed by atoms with van der Waals surface area (Å²) >= 11 is 3.43. The molecule has 0 spiro atoms. The van der Waals surface area contributed by atoms with E-state index in [1.54, 1.807) is 0 Å². The van der Waals surface area contributed by atoms with Crippen LogP contribution in [0.4, 0.5) is 11.6 Å². The van der Waals surface area contributed by atoms with E-state index in [0.29, 0.717) is 11.9 Å². The molecule has 2 unspecified atom stereocenters. The van der Waals surface area contributed by atoms with Gasteiger partial charge in [-0.15, -0.1) is 0 Å². The van der Waals surface area contributed by atoms with Gasteiger partial charge in [0.2, 0.25) is 0 Å². The van der Waals surface area contributed by atoms with Gasteiger partial charge in [0.15, 0.2) is 0 Å². The third-order valence-corrected chi connectivity index (χ3v) is 4.30. The average Bonchev–Trinajstić information content (AvgIpc) is 2.35. The first kappa shape index (κ1) is 12.6. The molecule has 17 heavy (non-hydrogen) atoms. The number of nitrogens with zero attached hydrogens (tertiary/aromatic N) is 2. The highest BCUT2D eigenvalue weighted by Gasteiger charge is 2.21. The average molecular weight is 299 g/mol. The number of aromatic nitrogens is 2. The molecule has 1 heterocycles. The van der Waals surface area contributed by atoms with Gasteiger partial charge in [-0.25, -0.2) is 9.97 Å². The first-order valence-electron chi connectivity index (χ1n) is 6.23. The minimum atomic E-state index is 0.491. The monoisotopic (exact) mass is 298 g/mol. The number of anilines is 2. The molecule has 1 aliphatic rings. The minimum Gasteiger partial charge on any atom is -0.383 e. The van der Waals surface area contributed by atoms with Gasteiger partial charge in [0.05, 0.1) is 0 Å². The standard InChI is InChI=1S/C12H19BrN4/c1-2-8-4-3-5-9(6-8)17-12-10(13)11(14)15-7-16-12/h7-9H,2-6H2,1H3,(H3,14,15,16,17). The molecule has 0 radical (unpaired) electrons. The fraction of sp³-hybridized carbons (Fsp3) is 0.667. The molecule has 2 rings (SSSR count). The van der Waals surface area contributed by atoms with Crippen molar-refractivity contribution in [2.45, 2.75) is 45.1 Å². The summed E-state index contributed by atoms with van der Waals surface area (Å²) < 4.78 is 0.777. The molecule has 1 aliphatic carbocycles. The SMILES string of the molecule is CCC1CCCC(Nc2ncnc(N)c2Br)C1. The van der Waals surface area contributed by atoms with Crippen molar-refractivity contribution in [3.05, 3.63) is 10.8 Å². The van der Waals surface area contributed by atoms with Crippen molar-refractivity contribution in [2.75, 3.05) is 11.1 Å². The topological polar surface area (TPSA) is 63.8 Å². The van der Waals surface area contributed by atoms with Gasteiger partial charge in [0.25, 0.3) is 0 Å². The predicted molar refractivity (Wildman–Crippen MR) is 73.8 cm³/mol. The molecule has 4 nitrogen and oxygen atoms in total. The molecule has 1 saturated carbocycles. The van der Waals surface area contributed by atoms with Crippen LogP contribution in [0.1, 0.15) is 39.0 Å². The van der Waals surface area contributed by atoms with E-state index in [1.807, 2.05) is 0 Å². The van der Waals surface area contributed by atoms with E-state index in [9.17, 15) is 0 Å². The molecule has 0 saturated heterocycles. The minimum absolute atomic E-state index is 0.491. The quantitative estimate of drug-likeness (QED) is 0.899. The van der Waals surface area contributed by atoms with Gasteiger partial charge in [-0.1, -0.05) is 26.2 Å². The zero-order chi connectivity index (χ0) is 12.3. The fourth-order valence-electron chi connectivity index (χ4n) is 2.47. The molecule has 0 amide bonds. The van der Waals surface area contributed by atoms with E-state index in [2.05, 4.69) is 38.1 Å². The van der Waals surface area contributed by atoms with Crippen molar-refractivity contribution in [3.8, 4) is 0 Å². The lowest BCUT2D eigenvalue weighted by atomic mass is 9.84. The highest BCUT2D eigenvalue weighted by Crippen LogP contribution is 2.31. The molecule has 3 N–H and O–H groups in total. The Hall–Kier alpha value is -0.840. The highest BCUT2D eigenvalue weighted by molar-refractivity contribution is 9.10. The normalized spacial score (nSPS) is 24.6. The van der Waals surface area contributed by atoms with Crippen molar-refractivity contribution in [3.63, 3.8) is 0 Å². The van der Waals surface area contributed by atoms with Crippen molar-refractivity contribution >= 4 is 27.6 Å². The van der Waals surface area contributed by atoms with Crippen molar-refractivity contribution < 1.29 is 0 Å². The lowest BCUT2D eigenvalue weighted by molar-refractivity contribution is 0.327. The zero-order valence-electron chi connectivity index (χ0n) is 10.1. The molecule has 5 heteroatoms. The van der Waals surface area contributed by atoms with Crippen molar-refractivity contribution in [2.24, 2.45) is 5.92 Å². The van der Waals surface area contributed by atoms with Crippen LogP contribution in [0.3, 0.4) is 0 Å². The summed E-state index contributed by atoms with van der Waals surface area (Å²) in [6.07, 6.45) is 7.88. The second-order valence-electron chi connectivity index (χ2n) is 4.70. The van der Waals surface area contributed by atoms with Gasteiger partial charge in [-0.2, -0.15) is 0 Å². The van der Waals surface area contributed by atoms with Crippen LogP contribution in [0, 0.1) is 5.92 Å². The maximum Gasteiger partial charge on any atom is 0.146 e. The Morgan fingerprint density at radius 1 is 1.47 bits per heavy atom. The molecule has 2 atom stereocenters. The van der Waals surface area contributed by atoms with Gasteiger partial charge in [-0.05, 0) is 34.7 Å². The number of hydrogen-bond donors (Lipinski definition) is 2. The Kier molecular flexibility index (Phi) is 4.20. The van der Waals surface area contributed by atoms with Gasteiger partial charge >= 0.3 is 0 Å². The first-order chi connectivity index (χ1) is 8.20. The number of halogens is 1. The van der Waals surface area contributed by atoms with Crippen LogP contribution in [0.15, 0.2) is 10.8 Å². The summed E-state index contributed by atoms with van der Waals surface area (Å²) in [5.41, 5.74) is 5.74. The Bertz CT molecular complexity index is 383. The smallest absolute Gasteiger partial charge is 0.146 e. The maximum atomic E-state index is 5.74.